The van der Waals surface area contributed by atoms with Gasteiger partial charge in [0.2, 0.25) is 0 Å². The fourth-order valence-electron chi connectivity index (χ4n) is 2.05. The smallest absolute Gasteiger partial charge is 0.138 e. The molecule has 0 bridgehead atoms. The fraction of sp³-hybridized carbons (Fsp3) is 0.467. The van der Waals surface area contributed by atoms with Gasteiger partial charge in [0.05, 0.1) is 17.9 Å². The molecule has 0 aliphatic heterocycles. The molecule has 0 unspecified atom stereocenters. The Bertz CT molecular complexity index is 579. The summed E-state index contributed by atoms with van der Waals surface area (Å²) in [4.78, 5) is 4.35. The minimum absolute atomic E-state index is 0.219. The number of hydrogen-bond acceptors (Lipinski definition) is 4. The van der Waals surface area contributed by atoms with Crippen LogP contribution in [0.5, 0.6) is 5.75 Å². The molecule has 5 nitrogen and oxygen atoms in total. The summed E-state index contributed by atoms with van der Waals surface area (Å²) in [7, 11) is 0. The number of aromatic hydroxyl groups is 1. The second-order valence-corrected chi connectivity index (χ2v) is 5.33. The van der Waals surface area contributed by atoms with Gasteiger partial charge in [0.15, 0.2) is 0 Å². The van der Waals surface area contributed by atoms with Crippen molar-refractivity contribution in [2.24, 2.45) is 0 Å². The molecule has 0 saturated heterocycles. The van der Waals surface area contributed by atoms with Crippen LogP contribution in [0.15, 0.2) is 24.5 Å². The van der Waals surface area contributed by atoms with Gasteiger partial charge in [-0.3, -0.25) is 9.67 Å². The predicted molar refractivity (Wildman–Crippen MR) is 78.6 cm³/mol. The van der Waals surface area contributed by atoms with Gasteiger partial charge in [-0.15, -0.1) is 0 Å². The molecule has 108 valence electrons. The lowest BCUT2D eigenvalue weighted by Gasteiger charge is -2.22. The highest BCUT2D eigenvalue weighted by Gasteiger charge is 2.15. The van der Waals surface area contributed by atoms with E-state index in [9.17, 15) is 5.11 Å². The van der Waals surface area contributed by atoms with Crippen molar-refractivity contribution in [3.05, 3.63) is 41.5 Å². The molecule has 0 saturated carbocycles. The van der Waals surface area contributed by atoms with Gasteiger partial charge in [-0.25, -0.2) is 0 Å². The van der Waals surface area contributed by atoms with E-state index >= 15 is 0 Å². The van der Waals surface area contributed by atoms with E-state index < -0.39 is 0 Å². The van der Waals surface area contributed by atoms with Gasteiger partial charge in [0, 0.05) is 24.5 Å². The van der Waals surface area contributed by atoms with Crippen LogP contribution in [0.25, 0.3) is 0 Å². The number of rotatable bonds is 5. The van der Waals surface area contributed by atoms with E-state index in [2.05, 4.69) is 29.2 Å². The number of nitrogens with one attached hydrogen (secondary N) is 1. The summed E-state index contributed by atoms with van der Waals surface area (Å²) >= 11 is 0. The van der Waals surface area contributed by atoms with Crippen molar-refractivity contribution in [1.29, 1.82) is 0 Å². The molecular weight excluding hydrogens is 252 g/mol. The van der Waals surface area contributed by atoms with Crippen molar-refractivity contribution in [2.75, 3.05) is 0 Å². The standard InChI is InChI=1S/C15H22N4O/c1-10-7-17-19(9-10)13(4)12(3)16-8-14-15(20)6-5-11(2)18-14/h5-7,9,12-13,16,20H,8H2,1-4H3/t12-,13+/m0/s1. The second-order valence-electron chi connectivity index (χ2n) is 5.33. The lowest BCUT2D eigenvalue weighted by atomic mass is 10.1. The Hall–Kier alpha value is -1.88. The summed E-state index contributed by atoms with van der Waals surface area (Å²) < 4.78 is 1.95. The molecule has 0 amide bonds. The van der Waals surface area contributed by atoms with E-state index in [-0.39, 0.29) is 17.8 Å². The average Bonchev–Trinajstić information content (AvgIpc) is 2.85. The first-order valence-electron chi connectivity index (χ1n) is 6.87. The SMILES string of the molecule is Cc1cnn([C@H](C)[C@H](C)NCc2nc(C)ccc2O)c1. The molecule has 0 aliphatic rings. The molecule has 2 atom stereocenters. The highest BCUT2D eigenvalue weighted by Crippen LogP contribution is 2.16. The lowest BCUT2D eigenvalue weighted by Crippen LogP contribution is -2.33. The van der Waals surface area contributed by atoms with Crippen LogP contribution < -0.4 is 5.32 Å². The Morgan fingerprint density at radius 3 is 2.70 bits per heavy atom. The summed E-state index contributed by atoms with van der Waals surface area (Å²) in [5.41, 5.74) is 2.74. The van der Waals surface area contributed by atoms with Crippen LogP contribution in [-0.2, 0) is 6.54 Å². The van der Waals surface area contributed by atoms with Crippen molar-refractivity contribution in [1.82, 2.24) is 20.1 Å². The van der Waals surface area contributed by atoms with E-state index in [1.165, 1.54) is 0 Å². The third kappa shape index (κ3) is 3.36. The van der Waals surface area contributed by atoms with Crippen LogP contribution in [0.2, 0.25) is 0 Å². The Kier molecular flexibility index (Phi) is 4.39. The molecule has 0 spiro atoms. The molecule has 0 radical (unpaired) electrons. The monoisotopic (exact) mass is 274 g/mol. The van der Waals surface area contributed by atoms with Gasteiger partial charge in [-0.1, -0.05) is 0 Å². The normalized spacial score (nSPS) is 14.2. The highest BCUT2D eigenvalue weighted by atomic mass is 16.3. The minimum atomic E-state index is 0.219. The van der Waals surface area contributed by atoms with E-state index in [0.29, 0.717) is 12.2 Å². The summed E-state index contributed by atoms with van der Waals surface area (Å²) in [5, 5.41) is 17.5. The third-order valence-electron chi connectivity index (χ3n) is 3.55. The molecular formula is C15H22N4O. The molecule has 5 heteroatoms. The maximum Gasteiger partial charge on any atom is 0.138 e. The van der Waals surface area contributed by atoms with Crippen LogP contribution in [0.4, 0.5) is 0 Å². The first-order valence-corrected chi connectivity index (χ1v) is 6.87. The van der Waals surface area contributed by atoms with Crippen LogP contribution in [0, 0.1) is 13.8 Å². The van der Waals surface area contributed by atoms with Crippen molar-refractivity contribution >= 4 is 0 Å². The van der Waals surface area contributed by atoms with Crippen LogP contribution in [-0.4, -0.2) is 25.9 Å². The zero-order chi connectivity index (χ0) is 14.7. The Labute approximate surface area is 119 Å². The van der Waals surface area contributed by atoms with Crippen molar-refractivity contribution in [3.8, 4) is 5.75 Å². The molecule has 20 heavy (non-hydrogen) atoms. The molecule has 2 N–H and O–H groups in total. The van der Waals surface area contributed by atoms with Gasteiger partial charge < -0.3 is 10.4 Å². The van der Waals surface area contributed by atoms with Gasteiger partial charge in [0.1, 0.15) is 5.75 Å². The quantitative estimate of drug-likeness (QED) is 0.878. The van der Waals surface area contributed by atoms with Crippen LogP contribution >= 0.6 is 0 Å². The highest BCUT2D eigenvalue weighted by molar-refractivity contribution is 5.27. The van der Waals surface area contributed by atoms with Crippen LogP contribution in [0.1, 0.15) is 36.8 Å². The zero-order valence-electron chi connectivity index (χ0n) is 12.5. The summed E-state index contributed by atoms with van der Waals surface area (Å²) in [6, 6.07) is 3.94. The predicted octanol–water partition coefficient (Wildman–Crippen LogP) is 2.34. The van der Waals surface area contributed by atoms with Gasteiger partial charge in [0.25, 0.3) is 0 Å². The van der Waals surface area contributed by atoms with E-state index in [0.717, 1.165) is 11.3 Å². The van der Waals surface area contributed by atoms with Crippen molar-refractivity contribution < 1.29 is 5.11 Å². The lowest BCUT2D eigenvalue weighted by molar-refractivity contribution is 0.360. The average molecular weight is 274 g/mol. The van der Waals surface area contributed by atoms with E-state index in [1.54, 1.807) is 12.1 Å². The minimum Gasteiger partial charge on any atom is -0.506 e. The molecule has 0 fully saturated rings. The number of aromatic nitrogens is 3. The summed E-state index contributed by atoms with van der Waals surface area (Å²) in [5.74, 6) is 0.234. The van der Waals surface area contributed by atoms with Gasteiger partial charge >= 0.3 is 0 Å². The Morgan fingerprint density at radius 2 is 2.05 bits per heavy atom. The molecule has 0 aromatic carbocycles. The summed E-state index contributed by atoms with van der Waals surface area (Å²) in [6.07, 6.45) is 3.89. The number of hydrogen-bond donors (Lipinski definition) is 2. The summed E-state index contributed by atoms with van der Waals surface area (Å²) in [6.45, 7) is 8.71. The van der Waals surface area contributed by atoms with E-state index in [1.807, 2.05) is 30.9 Å². The maximum absolute atomic E-state index is 9.79. The third-order valence-corrected chi connectivity index (χ3v) is 3.55. The molecule has 2 aromatic rings. The van der Waals surface area contributed by atoms with Crippen LogP contribution in [0.3, 0.4) is 0 Å². The van der Waals surface area contributed by atoms with E-state index in [4.69, 9.17) is 0 Å². The van der Waals surface area contributed by atoms with Gasteiger partial charge in [-0.05, 0) is 45.4 Å². The van der Waals surface area contributed by atoms with Gasteiger partial charge in [-0.2, -0.15) is 5.10 Å². The van der Waals surface area contributed by atoms with Crippen molar-refractivity contribution in [2.45, 2.75) is 46.3 Å². The first kappa shape index (κ1) is 14.5. The fourth-order valence-corrected chi connectivity index (χ4v) is 2.05. The Morgan fingerprint density at radius 1 is 1.30 bits per heavy atom. The molecule has 2 rings (SSSR count). The van der Waals surface area contributed by atoms with Crippen molar-refractivity contribution in [3.63, 3.8) is 0 Å². The first-order chi connectivity index (χ1) is 9.47. The molecule has 2 heterocycles. The largest absolute Gasteiger partial charge is 0.506 e. The number of aryl methyl sites for hydroxylation is 2. The zero-order valence-corrected chi connectivity index (χ0v) is 12.5. The topological polar surface area (TPSA) is 63.0 Å². The Balaban J connectivity index is 1.98. The number of pyridine rings is 1. The maximum atomic E-state index is 9.79. The molecule has 2 aromatic heterocycles. The second kappa shape index (κ2) is 6.05. The molecule has 0 aliphatic carbocycles. The number of nitrogens with zero attached hydrogens (tertiary/aromatic N) is 3.